The predicted molar refractivity (Wildman–Crippen MR) is 147 cm³/mol. The Bertz CT molecular complexity index is 1840. The van der Waals surface area contributed by atoms with Crippen LogP contribution in [0.4, 0.5) is 8.78 Å². The van der Waals surface area contributed by atoms with E-state index in [1.165, 1.54) is 27.2 Å². The van der Waals surface area contributed by atoms with Gasteiger partial charge in [0.05, 0.1) is 18.0 Å². The Morgan fingerprint density at radius 1 is 1.19 bits per heavy atom. The van der Waals surface area contributed by atoms with Crippen molar-refractivity contribution in [2.24, 2.45) is 0 Å². The largest absolute Gasteiger partial charge is 0.481 e. The zero-order valence-corrected chi connectivity index (χ0v) is 24.2. The van der Waals surface area contributed by atoms with Crippen LogP contribution in [-0.2, 0) is 21.4 Å². The molecule has 220 valence electrons. The predicted octanol–water partition coefficient (Wildman–Crippen LogP) is 5.05. The first-order chi connectivity index (χ1) is 19.9. The first-order valence-electron chi connectivity index (χ1n) is 13.2. The zero-order valence-electron chi connectivity index (χ0n) is 22.6. The Labute approximate surface area is 245 Å². The number of rotatable bonds is 7. The van der Waals surface area contributed by atoms with Gasteiger partial charge in [0, 0.05) is 24.9 Å². The van der Waals surface area contributed by atoms with Crippen molar-refractivity contribution in [2.45, 2.75) is 62.5 Å². The maximum atomic E-state index is 13.8. The van der Waals surface area contributed by atoms with Crippen molar-refractivity contribution in [2.75, 3.05) is 6.54 Å². The molecule has 4 heterocycles. The lowest BCUT2D eigenvalue weighted by Crippen LogP contribution is -2.38. The third-order valence-electron chi connectivity index (χ3n) is 7.95. The second-order valence-electron chi connectivity index (χ2n) is 10.8. The highest BCUT2D eigenvalue weighted by atomic mass is 35.5. The van der Waals surface area contributed by atoms with E-state index in [0.717, 1.165) is 5.56 Å². The molecule has 2 aliphatic rings. The molecule has 1 aromatic carbocycles. The molecule has 0 amide bonds. The molecule has 4 aromatic rings. The van der Waals surface area contributed by atoms with Gasteiger partial charge >= 0.3 is 5.97 Å². The number of carbonyl (C=O) groups is 1. The summed E-state index contributed by atoms with van der Waals surface area (Å²) in [6, 6.07) is 8.36. The van der Waals surface area contributed by atoms with Gasteiger partial charge in [-0.25, -0.2) is 22.2 Å². The summed E-state index contributed by atoms with van der Waals surface area (Å²) in [7, 11) is -4.04. The Morgan fingerprint density at radius 3 is 2.64 bits per heavy atom. The number of carboxylic acids is 1. The van der Waals surface area contributed by atoms with Crippen molar-refractivity contribution in [3.8, 4) is 5.88 Å². The van der Waals surface area contributed by atoms with E-state index >= 15 is 0 Å². The van der Waals surface area contributed by atoms with Gasteiger partial charge in [-0.15, -0.1) is 10.2 Å². The van der Waals surface area contributed by atoms with Crippen LogP contribution in [0.1, 0.15) is 65.2 Å². The number of aliphatic carboxylic acids is 1. The molecule has 3 aromatic heterocycles. The summed E-state index contributed by atoms with van der Waals surface area (Å²) < 4.78 is 63.0. The highest BCUT2D eigenvalue weighted by Gasteiger charge is 2.52. The lowest BCUT2D eigenvalue weighted by molar-refractivity contribution is -0.137. The Hall–Kier alpha value is -3.68. The molecule has 1 aliphatic heterocycles. The molecular weight excluding hydrogens is 592 g/mol. The fourth-order valence-corrected chi connectivity index (χ4v) is 7.29. The number of ether oxygens (including phenoxy) is 1. The molecule has 1 saturated carbocycles. The quantitative estimate of drug-likeness (QED) is 0.305. The van der Waals surface area contributed by atoms with Gasteiger partial charge in [0.25, 0.3) is 6.43 Å². The van der Waals surface area contributed by atoms with E-state index in [9.17, 15) is 27.1 Å². The highest BCUT2D eigenvalue weighted by molar-refractivity contribution is 7.89. The number of hydrogen-bond donors (Lipinski definition) is 1. The van der Waals surface area contributed by atoms with E-state index in [-0.39, 0.29) is 41.0 Å². The second-order valence-corrected chi connectivity index (χ2v) is 13.1. The first-order valence-corrected chi connectivity index (χ1v) is 15.0. The van der Waals surface area contributed by atoms with Crippen molar-refractivity contribution in [1.82, 2.24) is 23.9 Å². The van der Waals surface area contributed by atoms with Crippen molar-refractivity contribution < 1.29 is 31.8 Å². The summed E-state index contributed by atoms with van der Waals surface area (Å²) in [5.74, 6) is -2.19. The van der Waals surface area contributed by atoms with Gasteiger partial charge in [-0.05, 0) is 66.6 Å². The number of aryl methyl sites for hydroxylation is 2. The lowest BCUT2D eigenvalue weighted by atomic mass is 9.85. The van der Waals surface area contributed by atoms with Gasteiger partial charge in [-0.2, -0.15) is 4.31 Å². The second kappa shape index (κ2) is 10.2. The number of alkyl halides is 2. The van der Waals surface area contributed by atoms with E-state index in [0.29, 0.717) is 35.1 Å². The highest BCUT2D eigenvalue weighted by Crippen LogP contribution is 2.46. The molecule has 1 N–H and O–H groups in total. The van der Waals surface area contributed by atoms with E-state index in [2.05, 4.69) is 15.2 Å². The molecule has 1 aliphatic carbocycles. The van der Waals surface area contributed by atoms with Crippen LogP contribution in [0.2, 0.25) is 5.02 Å². The minimum Gasteiger partial charge on any atom is -0.481 e. The summed E-state index contributed by atoms with van der Waals surface area (Å²) in [6.07, 6.45) is 1.02. The van der Waals surface area contributed by atoms with Gasteiger partial charge in [-0.3, -0.25) is 9.20 Å². The Kier molecular flexibility index (Phi) is 6.94. The molecule has 0 unspecified atom stereocenters. The van der Waals surface area contributed by atoms with E-state index in [1.807, 2.05) is 13.0 Å². The smallest absolute Gasteiger partial charge is 0.304 e. The topological polar surface area (TPSA) is 127 Å². The maximum absolute atomic E-state index is 13.8. The minimum absolute atomic E-state index is 0.0127. The normalized spacial score (nSPS) is 18.0. The van der Waals surface area contributed by atoms with Crippen LogP contribution in [0.25, 0.3) is 5.65 Å². The molecule has 0 saturated heterocycles. The third kappa shape index (κ3) is 4.99. The first kappa shape index (κ1) is 28.4. The summed E-state index contributed by atoms with van der Waals surface area (Å²) in [5.41, 5.74) is 2.79. The number of sulfonamides is 1. The number of carboxylic acid groups (broad SMARTS) is 1. The molecule has 6 rings (SSSR count). The molecule has 1 spiro atoms. The van der Waals surface area contributed by atoms with Crippen LogP contribution < -0.4 is 4.74 Å². The molecule has 14 heteroatoms. The van der Waals surface area contributed by atoms with Crippen molar-refractivity contribution >= 4 is 33.2 Å². The average Bonchev–Trinajstić information content (AvgIpc) is 3.55. The monoisotopic (exact) mass is 617 g/mol. The zero-order chi connectivity index (χ0) is 30.0. The van der Waals surface area contributed by atoms with Crippen LogP contribution in [0.3, 0.4) is 0 Å². The number of hydrogen-bond acceptors (Lipinski definition) is 7. The summed E-state index contributed by atoms with van der Waals surface area (Å²) >= 11 is 6.10. The molecule has 0 radical (unpaired) electrons. The van der Waals surface area contributed by atoms with E-state index in [4.69, 9.17) is 16.3 Å². The van der Waals surface area contributed by atoms with Crippen LogP contribution in [-0.4, -0.2) is 55.5 Å². The summed E-state index contributed by atoms with van der Waals surface area (Å²) in [6.45, 7) is 3.68. The fourth-order valence-electron chi connectivity index (χ4n) is 5.48. The molecule has 1 atom stereocenters. The number of nitrogens with zero attached hydrogens (tertiary/aromatic N) is 5. The Balaban J connectivity index is 1.40. The van der Waals surface area contributed by atoms with Crippen LogP contribution >= 0.6 is 11.6 Å². The van der Waals surface area contributed by atoms with Crippen molar-refractivity contribution in [3.05, 3.63) is 81.4 Å². The average molecular weight is 618 g/mol. The fraction of sp³-hybridized carbons (Fsp3) is 0.357. The molecule has 42 heavy (non-hydrogen) atoms. The standard InChI is InChI=1S/C28H26ClF2N5O5S/c1-15-3-4-17(21(11-23(37)38)20-5-8-36-25(16(20)2)33-34-26(36)24(30)31)9-18(15)13-35-14-28(6-7-28)41-27-22(42(35,39)40)10-19(29)12-32-27/h3-5,8-10,12,21,24H,6-7,11,13-14H2,1-2H3,(H,37,38)/t21-/m0/s1. The number of pyridine rings is 2. The van der Waals surface area contributed by atoms with E-state index < -0.39 is 39.8 Å². The van der Waals surface area contributed by atoms with Gasteiger partial charge in [0.1, 0.15) is 10.5 Å². The summed E-state index contributed by atoms with van der Waals surface area (Å²) in [5, 5.41) is 17.5. The molecular formula is C28H26ClF2N5O5S. The van der Waals surface area contributed by atoms with Crippen molar-refractivity contribution in [1.29, 1.82) is 0 Å². The Morgan fingerprint density at radius 2 is 1.95 bits per heavy atom. The maximum Gasteiger partial charge on any atom is 0.304 e. The van der Waals surface area contributed by atoms with Gasteiger partial charge < -0.3 is 9.84 Å². The van der Waals surface area contributed by atoms with Gasteiger partial charge in [-0.1, -0.05) is 29.8 Å². The van der Waals surface area contributed by atoms with Gasteiger partial charge in [0.2, 0.25) is 21.7 Å². The van der Waals surface area contributed by atoms with Crippen LogP contribution in [0, 0.1) is 13.8 Å². The van der Waals surface area contributed by atoms with Crippen LogP contribution in [0.5, 0.6) is 5.88 Å². The van der Waals surface area contributed by atoms with Gasteiger partial charge in [0.15, 0.2) is 5.65 Å². The van der Waals surface area contributed by atoms with E-state index in [1.54, 1.807) is 25.1 Å². The molecule has 10 nitrogen and oxygen atoms in total. The number of aromatic nitrogens is 4. The number of benzene rings is 1. The minimum atomic E-state index is -4.04. The number of fused-ring (bicyclic) bond motifs is 2. The third-order valence-corrected chi connectivity index (χ3v) is 9.95. The molecule has 0 bridgehead atoms. The van der Waals surface area contributed by atoms with Crippen LogP contribution in [0.15, 0.2) is 47.6 Å². The summed E-state index contributed by atoms with van der Waals surface area (Å²) in [4.78, 5) is 16.0. The lowest BCUT2D eigenvalue weighted by Gasteiger charge is -2.25. The SMILES string of the molecule is Cc1ccc([C@H](CC(=O)O)c2ccn3c(C(F)F)nnc3c2C)cc1CN1CC2(CC2)Oc2ncc(Cl)cc2S1(=O)=O. The number of halogens is 3. The molecule has 1 fully saturated rings. The van der Waals surface area contributed by atoms with Crippen molar-refractivity contribution in [3.63, 3.8) is 0 Å².